The van der Waals surface area contributed by atoms with Crippen molar-refractivity contribution in [3.05, 3.63) is 23.8 Å². The molecule has 0 aliphatic heterocycles. The average molecular weight is 237 g/mol. The number of ether oxygens (including phenoxy) is 2. The maximum absolute atomic E-state index is 6.20. The molecule has 1 aromatic rings. The van der Waals surface area contributed by atoms with Gasteiger partial charge in [0, 0.05) is 6.04 Å². The summed E-state index contributed by atoms with van der Waals surface area (Å²) in [6.45, 7) is 6.56. The van der Waals surface area contributed by atoms with E-state index in [2.05, 4.69) is 20.8 Å². The molecule has 3 nitrogen and oxygen atoms in total. The van der Waals surface area contributed by atoms with E-state index in [4.69, 9.17) is 15.2 Å². The summed E-state index contributed by atoms with van der Waals surface area (Å²) in [6, 6.07) is 5.87. The third-order valence-electron chi connectivity index (χ3n) is 2.67. The molecule has 96 valence electrons. The molecule has 0 saturated carbocycles. The highest BCUT2D eigenvalue weighted by atomic mass is 16.5. The lowest BCUT2D eigenvalue weighted by atomic mass is 9.86. The van der Waals surface area contributed by atoms with E-state index in [0.29, 0.717) is 0 Å². The van der Waals surface area contributed by atoms with Gasteiger partial charge in [-0.1, -0.05) is 26.8 Å². The molecule has 1 atom stereocenters. The molecule has 1 unspecified atom stereocenters. The third kappa shape index (κ3) is 3.93. The number of nitrogens with two attached hydrogens (primary N) is 1. The smallest absolute Gasteiger partial charge is 0.161 e. The van der Waals surface area contributed by atoms with Gasteiger partial charge in [0.15, 0.2) is 11.5 Å². The number of hydrogen-bond donors (Lipinski definition) is 1. The first-order valence-corrected chi connectivity index (χ1v) is 5.85. The molecule has 2 N–H and O–H groups in total. The van der Waals surface area contributed by atoms with Crippen LogP contribution in [0.15, 0.2) is 18.2 Å². The highest BCUT2D eigenvalue weighted by Gasteiger charge is 2.18. The van der Waals surface area contributed by atoms with Gasteiger partial charge in [0.25, 0.3) is 0 Å². The van der Waals surface area contributed by atoms with Gasteiger partial charge in [-0.25, -0.2) is 0 Å². The van der Waals surface area contributed by atoms with Crippen molar-refractivity contribution in [1.29, 1.82) is 0 Å². The Morgan fingerprint density at radius 2 is 1.71 bits per heavy atom. The summed E-state index contributed by atoms with van der Waals surface area (Å²) in [6.07, 6.45) is 0.933. The van der Waals surface area contributed by atoms with Crippen LogP contribution in [0.25, 0.3) is 0 Å². The topological polar surface area (TPSA) is 44.5 Å². The van der Waals surface area contributed by atoms with Gasteiger partial charge < -0.3 is 15.2 Å². The van der Waals surface area contributed by atoms with E-state index in [1.165, 1.54) is 0 Å². The van der Waals surface area contributed by atoms with Crippen molar-refractivity contribution in [3.8, 4) is 11.5 Å². The Morgan fingerprint density at radius 1 is 1.12 bits per heavy atom. The van der Waals surface area contributed by atoms with Gasteiger partial charge in [0.1, 0.15) is 0 Å². The second-order valence-electron chi connectivity index (χ2n) is 5.49. The zero-order chi connectivity index (χ0) is 13.1. The van der Waals surface area contributed by atoms with Crippen molar-refractivity contribution in [2.75, 3.05) is 14.2 Å². The molecule has 0 heterocycles. The Kier molecular flexibility index (Phi) is 4.40. The molecule has 0 spiro atoms. The van der Waals surface area contributed by atoms with E-state index in [0.717, 1.165) is 23.5 Å². The van der Waals surface area contributed by atoms with Crippen molar-refractivity contribution >= 4 is 0 Å². The number of benzene rings is 1. The molecule has 0 fully saturated rings. The van der Waals surface area contributed by atoms with Gasteiger partial charge in [-0.3, -0.25) is 0 Å². The molecule has 1 aromatic carbocycles. The number of rotatable bonds is 4. The Bertz CT molecular complexity index is 369. The lowest BCUT2D eigenvalue weighted by molar-refractivity contribution is 0.338. The van der Waals surface area contributed by atoms with Crippen molar-refractivity contribution in [2.45, 2.75) is 33.2 Å². The van der Waals surface area contributed by atoms with Crippen LogP contribution in [-0.2, 0) is 0 Å². The van der Waals surface area contributed by atoms with Crippen LogP contribution in [0.2, 0.25) is 0 Å². The van der Waals surface area contributed by atoms with Crippen LogP contribution in [0.1, 0.15) is 38.8 Å². The normalized spacial score (nSPS) is 13.3. The first kappa shape index (κ1) is 13.8. The second kappa shape index (κ2) is 5.41. The van der Waals surface area contributed by atoms with Crippen LogP contribution in [0, 0.1) is 5.41 Å². The first-order chi connectivity index (χ1) is 7.87. The van der Waals surface area contributed by atoms with E-state index < -0.39 is 0 Å². The Balaban J connectivity index is 2.92. The van der Waals surface area contributed by atoms with Crippen molar-refractivity contribution < 1.29 is 9.47 Å². The van der Waals surface area contributed by atoms with E-state index in [-0.39, 0.29) is 11.5 Å². The fourth-order valence-corrected chi connectivity index (χ4v) is 1.86. The van der Waals surface area contributed by atoms with E-state index in [9.17, 15) is 0 Å². The maximum Gasteiger partial charge on any atom is 0.161 e. The molecule has 0 aliphatic carbocycles. The van der Waals surface area contributed by atoms with Gasteiger partial charge in [-0.15, -0.1) is 0 Å². The molecular formula is C14H23NO2. The van der Waals surface area contributed by atoms with Crippen molar-refractivity contribution in [1.82, 2.24) is 0 Å². The predicted molar refractivity (Wildman–Crippen MR) is 70.5 cm³/mol. The van der Waals surface area contributed by atoms with Crippen LogP contribution < -0.4 is 15.2 Å². The summed E-state index contributed by atoms with van der Waals surface area (Å²) >= 11 is 0. The van der Waals surface area contributed by atoms with Crippen molar-refractivity contribution in [2.24, 2.45) is 11.1 Å². The summed E-state index contributed by atoms with van der Waals surface area (Å²) < 4.78 is 10.5. The molecule has 0 aliphatic rings. The molecule has 3 heteroatoms. The van der Waals surface area contributed by atoms with Gasteiger partial charge in [-0.05, 0) is 29.5 Å². The standard InChI is InChI=1S/C14H23NO2/c1-14(2,3)9-11(15)10-6-7-12(16-4)13(8-10)17-5/h6-8,11H,9,15H2,1-5H3. The third-order valence-corrected chi connectivity index (χ3v) is 2.67. The first-order valence-electron chi connectivity index (χ1n) is 5.85. The Morgan fingerprint density at radius 3 is 2.18 bits per heavy atom. The van der Waals surface area contributed by atoms with E-state index in [1.54, 1.807) is 14.2 Å². The lowest BCUT2D eigenvalue weighted by Gasteiger charge is -2.23. The van der Waals surface area contributed by atoms with Crippen molar-refractivity contribution in [3.63, 3.8) is 0 Å². The summed E-state index contributed by atoms with van der Waals surface area (Å²) in [4.78, 5) is 0. The fourth-order valence-electron chi connectivity index (χ4n) is 1.86. The van der Waals surface area contributed by atoms with E-state index >= 15 is 0 Å². The molecule has 0 radical (unpaired) electrons. The highest BCUT2D eigenvalue weighted by molar-refractivity contribution is 5.43. The van der Waals surface area contributed by atoms with Gasteiger partial charge in [0.2, 0.25) is 0 Å². The number of hydrogen-bond acceptors (Lipinski definition) is 3. The summed E-state index contributed by atoms with van der Waals surface area (Å²) in [5.41, 5.74) is 7.50. The minimum Gasteiger partial charge on any atom is -0.493 e. The predicted octanol–water partition coefficient (Wildman–Crippen LogP) is 3.14. The van der Waals surface area contributed by atoms with Crippen LogP contribution in [0.4, 0.5) is 0 Å². The van der Waals surface area contributed by atoms with Gasteiger partial charge >= 0.3 is 0 Å². The SMILES string of the molecule is COc1ccc(C(N)CC(C)(C)C)cc1OC. The quantitative estimate of drug-likeness (QED) is 0.875. The molecule has 0 saturated heterocycles. The second-order valence-corrected chi connectivity index (χ2v) is 5.49. The summed E-state index contributed by atoms with van der Waals surface area (Å²) in [5.74, 6) is 1.47. The molecule has 1 rings (SSSR count). The average Bonchev–Trinajstić information content (AvgIpc) is 2.25. The summed E-state index contributed by atoms with van der Waals surface area (Å²) in [5, 5.41) is 0. The fraction of sp³-hybridized carbons (Fsp3) is 0.571. The highest BCUT2D eigenvalue weighted by Crippen LogP contribution is 2.33. The summed E-state index contributed by atoms with van der Waals surface area (Å²) in [7, 11) is 3.27. The zero-order valence-corrected chi connectivity index (χ0v) is 11.4. The van der Waals surface area contributed by atoms with Gasteiger partial charge in [0.05, 0.1) is 14.2 Å². The Labute approximate surface area is 104 Å². The largest absolute Gasteiger partial charge is 0.493 e. The Hall–Kier alpha value is -1.22. The van der Waals surface area contributed by atoms with Crippen LogP contribution in [0.5, 0.6) is 11.5 Å². The van der Waals surface area contributed by atoms with E-state index in [1.807, 2.05) is 18.2 Å². The molecule has 0 aromatic heterocycles. The van der Waals surface area contributed by atoms with Crippen LogP contribution >= 0.6 is 0 Å². The molecule has 17 heavy (non-hydrogen) atoms. The maximum atomic E-state index is 6.20. The van der Waals surface area contributed by atoms with Gasteiger partial charge in [-0.2, -0.15) is 0 Å². The molecular weight excluding hydrogens is 214 g/mol. The van der Waals surface area contributed by atoms with Crippen LogP contribution in [0.3, 0.4) is 0 Å². The minimum absolute atomic E-state index is 0.0230. The number of methoxy groups -OCH3 is 2. The molecule has 0 amide bonds. The lowest BCUT2D eigenvalue weighted by Crippen LogP contribution is -2.18. The monoisotopic (exact) mass is 237 g/mol. The van der Waals surface area contributed by atoms with Crippen LogP contribution in [-0.4, -0.2) is 14.2 Å². The zero-order valence-electron chi connectivity index (χ0n) is 11.4. The molecule has 0 bridgehead atoms. The minimum atomic E-state index is 0.0230.